The summed E-state index contributed by atoms with van der Waals surface area (Å²) in [7, 11) is 3.09. The molecular weight excluding hydrogens is 268 g/mol. The minimum absolute atomic E-state index is 0.198. The van der Waals surface area contributed by atoms with Crippen LogP contribution in [0.25, 0.3) is 0 Å². The average molecular weight is 290 g/mol. The maximum atomic E-state index is 12.4. The highest BCUT2D eigenvalue weighted by atomic mass is 16.5. The molecule has 5 heteroatoms. The topological polar surface area (TPSA) is 50.8 Å². The number of ether oxygens (including phenoxy) is 2. The molecule has 1 saturated carbocycles. The maximum absolute atomic E-state index is 12.4. The molecule has 1 aromatic rings. The summed E-state index contributed by atoms with van der Waals surface area (Å²) >= 11 is 0. The van der Waals surface area contributed by atoms with Crippen molar-refractivity contribution >= 4 is 11.7 Å². The number of anilines is 1. The molecule has 1 N–H and O–H groups in total. The third kappa shape index (κ3) is 2.70. The standard InChI is InChI=1S/C16H22N2O3/c1-20-14-6-4-3-5-13(14)17-16(15(19)21-2)9-10-18(11-16)12-7-8-12/h3-6,12,17H,7-11H2,1-2H3. The van der Waals surface area contributed by atoms with E-state index in [0.29, 0.717) is 12.6 Å². The van der Waals surface area contributed by atoms with Crippen LogP contribution in [0, 0.1) is 0 Å². The molecule has 1 unspecified atom stereocenters. The minimum Gasteiger partial charge on any atom is -0.495 e. The van der Waals surface area contributed by atoms with Crippen LogP contribution in [0.4, 0.5) is 5.69 Å². The zero-order chi connectivity index (χ0) is 14.9. The molecule has 2 fully saturated rings. The van der Waals surface area contributed by atoms with E-state index in [9.17, 15) is 4.79 Å². The predicted molar refractivity (Wildman–Crippen MR) is 80.6 cm³/mol. The van der Waals surface area contributed by atoms with E-state index in [1.54, 1.807) is 7.11 Å². The Hall–Kier alpha value is -1.75. The number of benzene rings is 1. The van der Waals surface area contributed by atoms with Crippen molar-refractivity contribution in [3.8, 4) is 5.75 Å². The average Bonchev–Trinajstić information content (AvgIpc) is 3.28. The van der Waals surface area contributed by atoms with E-state index in [2.05, 4.69) is 10.2 Å². The van der Waals surface area contributed by atoms with Crippen LogP contribution in [-0.4, -0.2) is 49.8 Å². The molecule has 1 heterocycles. The highest BCUT2D eigenvalue weighted by Gasteiger charge is 2.49. The predicted octanol–water partition coefficient (Wildman–Crippen LogP) is 1.89. The van der Waals surface area contributed by atoms with Crippen molar-refractivity contribution in [2.45, 2.75) is 30.8 Å². The van der Waals surface area contributed by atoms with Gasteiger partial charge in [-0.15, -0.1) is 0 Å². The number of para-hydroxylation sites is 2. The number of hydrogen-bond acceptors (Lipinski definition) is 5. The van der Waals surface area contributed by atoms with E-state index in [0.717, 1.165) is 24.4 Å². The van der Waals surface area contributed by atoms with Crippen LogP contribution in [-0.2, 0) is 9.53 Å². The number of methoxy groups -OCH3 is 2. The zero-order valence-corrected chi connectivity index (χ0v) is 12.6. The van der Waals surface area contributed by atoms with Crippen LogP contribution >= 0.6 is 0 Å². The number of likely N-dealkylation sites (tertiary alicyclic amines) is 1. The van der Waals surface area contributed by atoms with Crippen LogP contribution < -0.4 is 10.1 Å². The Labute approximate surface area is 125 Å². The normalized spacial score (nSPS) is 25.6. The molecule has 2 aliphatic rings. The van der Waals surface area contributed by atoms with Crippen molar-refractivity contribution in [1.29, 1.82) is 0 Å². The highest BCUT2D eigenvalue weighted by molar-refractivity contribution is 5.86. The summed E-state index contributed by atoms with van der Waals surface area (Å²) in [5.74, 6) is 0.544. The second-order valence-corrected chi connectivity index (χ2v) is 5.85. The van der Waals surface area contributed by atoms with Gasteiger partial charge < -0.3 is 14.8 Å². The van der Waals surface area contributed by atoms with Gasteiger partial charge in [0.25, 0.3) is 0 Å². The van der Waals surface area contributed by atoms with E-state index >= 15 is 0 Å². The van der Waals surface area contributed by atoms with E-state index in [1.807, 2.05) is 24.3 Å². The zero-order valence-electron chi connectivity index (χ0n) is 12.6. The van der Waals surface area contributed by atoms with Gasteiger partial charge in [-0.05, 0) is 31.4 Å². The van der Waals surface area contributed by atoms with Crippen LogP contribution in [0.2, 0.25) is 0 Å². The monoisotopic (exact) mass is 290 g/mol. The molecule has 0 aromatic heterocycles. The van der Waals surface area contributed by atoms with Gasteiger partial charge in [0.1, 0.15) is 11.3 Å². The third-order valence-corrected chi connectivity index (χ3v) is 4.42. The summed E-state index contributed by atoms with van der Waals surface area (Å²) in [5.41, 5.74) is 0.162. The van der Waals surface area contributed by atoms with Gasteiger partial charge in [0.15, 0.2) is 0 Å². The lowest BCUT2D eigenvalue weighted by atomic mass is 9.98. The fraction of sp³-hybridized carbons (Fsp3) is 0.562. The lowest BCUT2D eigenvalue weighted by Gasteiger charge is -2.29. The molecule has 114 valence electrons. The summed E-state index contributed by atoms with van der Waals surface area (Å²) in [6.07, 6.45) is 3.24. The largest absolute Gasteiger partial charge is 0.495 e. The van der Waals surface area contributed by atoms with Crippen molar-refractivity contribution < 1.29 is 14.3 Å². The lowest BCUT2D eigenvalue weighted by molar-refractivity contribution is -0.145. The van der Waals surface area contributed by atoms with Gasteiger partial charge in [0.05, 0.1) is 19.9 Å². The number of carbonyl (C=O) groups is 1. The van der Waals surface area contributed by atoms with Gasteiger partial charge in [-0.3, -0.25) is 4.90 Å². The minimum atomic E-state index is -0.675. The second kappa shape index (κ2) is 5.56. The number of hydrogen-bond donors (Lipinski definition) is 1. The molecule has 3 rings (SSSR count). The van der Waals surface area contributed by atoms with E-state index in [4.69, 9.17) is 9.47 Å². The van der Waals surface area contributed by atoms with Crippen molar-refractivity contribution in [1.82, 2.24) is 4.90 Å². The number of carbonyl (C=O) groups excluding carboxylic acids is 1. The van der Waals surface area contributed by atoms with E-state index < -0.39 is 5.54 Å². The summed E-state index contributed by atoms with van der Waals surface area (Å²) < 4.78 is 10.4. The first kappa shape index (κ1) is 14.2. The van der Waals surface area contributed by atoms with Crippen molar-refractivity contribution in [3.63, 3.8) is 0 Å². The third-order valence-electron chi connectivity index (χ3n) is 4.42. The Morgan fingerprint density at radius 2 is 2.10 bits per heavy atom. The Kier molecular flexibility index (Phi) is 3.76. The second-order valence-electron chi connectivity index (χ2n) is 5.85. The first-order valence-corrected chi connectivity index (χ1v) is 7.42. The Balaban J connectivity index is 1.84. The molecule has 0 bridgehead atoms. The molecule has 0 amide bonds. The molecule has 1 aromatic carbocycles. The number of rotatable bonds is 5. The Morgan fingerprint density at radius 3 is 2.76 bits per heavy atom. The number of esters is 1. The fourth-order valence-electron chi connectivity index (χ4n) is 3.11. The van der Waals surface area contributed by atoms with Gasteiger partial charge in [-0.2, -0.15) is 0 Å². The van der Waals surface area contributed by atoms with Gasteiger partial charge >= 0.3 is 5.97 Å². The molecule has 5 nitrogen and oxygen atoms in total. The van der Waals surface area contributed by atoms with Crippen molar-refractivity contribution in [2.24, 2.45) is 0 Å². The van der Waals surface area contributed by atoms with Crippen LogP contribution in [0.15, 0.2) is 24.3 Å². The van der Waals surface area contributed by atoms with Gasteiger partial charge in [-0.25, -0.2) is 4.79 Å². The van der Waals surface area contributed by atoms with Crippen LogP contribution in [0.5, 0.6) is 5.75 Å². The lowest BCUT2D eigenvalue weighted by Crippen LogP contribution is -2.49. The van der Waals surface area contributed by atoms with Gasteiger partial charge in [0.2, 0.25) is 0 Å². The molecular formula is C16H22N2O3. The summed E-state index contributed by atoms with van der Waals surface area (Å²) in [5, 5.41) is 3.40. The molecule has 0 spiro atoms. The van der Waals surface area contributed by atoms with E-state index in [-0.39, 0.29) is 5.97 Å². The first-order chi connectivity index (χ1) is 10.2. The molecule has 1 atom stereocenters. The molecule has 21 heavy (non-hydrogen) atoms. The van der Waals surface area contributed by atoms with Crippen LogP contribution in [0.1, 0.15) is 19.3 Å². The van der Waals surface area contributed by atoms with Gasteiger partial charge in [0, 0.05) is 19.1 Å². The Morgan fingerprint density at radius 1 is 1.33 bits per heavy atom. The number of nitrogens with one attached hydrogen (secondary N) is 1. The molecule has 1 aliphatic carbocycles. The quantitative estimate of drug-likeness (QED) is 0.839. The summed E-state index contributed by atoms with van der Waals surface area (Å²) in [6, 6.07) is 8.32. The van der Waals surface area contributed by atoms with Crippen molar-refractivity contribution in [2.75, 3.05) is 32.6 Å². The van der Waals surface area contributed by atoms with Crippen LogP contribution in [0.3, 0.4) is 0 Å². The Bertz CT molecular complexity index is 530. The van der Waals surface area contributed by atoms with Crippen molar-refractivity contribution in [3.05, 3.63) is 24.3 Å². The van der Waals surface area contributed by atoms with E-state index in [1.165, 1.54) is 20.0 Å². The first-order valence-electron chi connectivity index (χ1n) is 7.42. The fourth-order valence-corrected chi connectivity index (χ4v) is 3.11. The SMILES string of the molecule is COC(=O)C1(Nc2ccccc2OC)CCN(C2CC2)C1. The smallest absolute Gasteiger partial charge is 0.332 e. The highest BCUT2D eigenvalue weighted by Crippen LogP contribution is 2.37. The van der Waals surface area contributed by atoms with Gasteiger partial charge in [-0.1, -0.05) is 12.1 Å². The summed E-state index contributed by atoms with van der Waals surface area (Å²) in [6.45, 7) is 1.63. The molecule has 1 aliphatic heterocycles. The molecule has 0 radical (unpaired) electrons. The summed E-state index contributed by atoms with van der Waals surface area (Å²) in [4.78, 5) is 14.8. The molecule has 1 saturated heterocycles. The maximum Gasteiger partial charge on any atom is 0.332 e. The number of nitrogens with zero attached hydrogens (tertiary/aromatic N) is 1.